The van der Waals surface area contributed by atoms with Gasteiger partial charge in [-0.1, -0.05) is 44.2 Å². The Kier molecular flexibility index (Phi) is 5.65. The second kappa shape index (κ2) is 7.52. The molecule has 1 aromatic heterocycles. The molecule has 0 spiro atoms. The first kappa shape index (κ1) is 13.5. The predicted octanol–water partition coefficient (Wildman–Crippen LogP) is 3.40. The van der Waals surface area contributed by atoms with Crippen LogP contribution in [0.1, 0.15) is 76.0 Å². The number of rotatable bonds is 6. The number of hydrogen-bond donors (Lipinski definition) is 1. The van der Waals surface area contributed by atoms with Crippen LogP contribution in [0.25, 0.3) is 0 Å². The van der Waals surface area contributed by atoms with E-state index in [4.69, 9.17) is 4.52 Å². The summed E-state index contributed by atoms with van der Waals surface area (Å²) in [7, 11) is 0. The third-order valence-electron chi connectivity index (χ3n) is 3.60. The monoisotopic (exact) mass is 251 g/mol. The average molecular weight is 251 g/mol. The third-order valence-corrected chi connectivity index (χ3v) is 3.60. The Balaban J connectivity index is 1.81. The van der Waals surface area contributed by atoms with Gasteiger partial charge in [0.2, 0.25) is 5.89 Å². The maximum Gasteiger partial charge on any atom is 0.226 e. The highest BCUT2D eigenvalue weighted by Gasteiger charge is 2.19. The molecule has 4 heteroatoms. The number of aryl methyl sites for hydroxylation is 1. The molecule has 1 fully saturated rings. The Hall–Kier alpha value is -0.900. The van der Waals surface area contributed by atoms with Crippen molar-refractivity contribution in [2.75, 3.05) is 6.54 Å². The number of aromatic nitrogens is 2. The van der Waals surface area contributed by atoms with E-state index in [2.05, 4.69) is 22.4 Å². The second-order valence-corrected chi connectivity index (χ2v) is 5.21. The van der Waals surface area contributed by atoms with Gasteiger partial charge in [-0.15, -0.1) is 0 Å². The third kappa shape index (κ3) is 4.09. The largest absolute Gasteiger partial charge is 0.339 e. The normalized spacial score (nSPS) is 20.8. The highest BCUT2D eigenvalue weighted by Crippen LogP contribution is 2.20. The molecule has 1 saturated heterocycles. The number of hydrogen-bond acceptors (Lipinski definition) is 4. The molecule has 1 unspecified atom stereocenters. The molecule has 1 aliphatic rings. The predicted molar refractivity (Wildman–Crippen MR) is 71.4 cm³/mol. The summed E-state index contributed by atoms with van der Waals surface area (Å²) in [4.78, 5) is 4.53. The molecular weight excluding hydrogens is 226 g/mol. The zero-order valence-corrected chi connectivity index (χ0v) is 11.5. The highest BCUT2D eigenvalue weighted by atomic mass is 16.5. The fourth-order valence-corrected chi connectivity index (χ4v) is 2.46. The molecule has 0 amide bonds. The molecule has 2 heterocycles. The van der Waals surface area contributed by atoms with Crippen LogP contribution in [0, 0.1) is 0 Å². The topological polar surface area (TPSA) is 51.0 Å². The van der Waals surface area contributed by atoms with Gasteiger partial charge in [-0.2, -0.15) is 4.98 Å². The quantitative estimate of drug-likeness (QED) is 0.787. The average Bonchev–Trinajstić information content (AvgIpc) is 2.69. The van der Waals surface area contributed by atoms with Crippen LogP contribution in [0.15, 0.2) is 4.52 Å². The summed E-state index contributed by atoms with van der Waals surface area (Å²) in [6.45, 7) is 3.30. The van der Waals surface area contributed by atoms with E-state index in [9.17, 15) is 0 Å². The van der Waals surface area contributed by atoms with E-state index < -0.39 is 0 Å². The molecule has 102 valence electrons. The number of nitrogens with zero attached hydrogens (tertiary/aromatic N) is 2. The lowest BCUT2D eigenvalue weighted by Crippen LogP contribution is -2.21. The van der Waals surface area contributed by atoms with Gasteiger partial charge in [0.1, 0.15) is 0 Å². The maximum atomic E-state index is 5.34. The molecular formula is C14H25N3O. The van der Waals surface area contributed by atoms with Gasteiger partial charge in [-0.3, -0.25) is 0 Å². The minimum absolute atomic E-state index is 0.306. The molecule has 1 aliphatic heterocycles. The SMILES string of the molecule is CCCCCCc1nc(C2CCCCCN2)no1. The standard InChI is InChI=1S/C14H25N3O/c1-2-3-4-7-10-13-16-14(17-18-13)12-9-6-5-8-11-15-12/h12,15H,2-11H2,1H3. The summed E-state index contributed by atoms with van der Waals surface area (Å²) in [6.07, 6.45) is 10.9. The Labute approximate surface area is 110 Å². The molecule has 0 aliphatic carbocycles. The maximum absolute atomic E-state index is 5.34. The fourth-order valence-electron chi connectivity index (χ4n) is 2.46. The Morgan fingerprint density at radius 3 is 3.06 bits per heavy atom. The minimum Gasteiger partial charge on any atom is -0.339 e. The van der Waals surface area contributed by atoms with Crippen LogP contribution in [0.2, 0.25) is 0 Å². The van der Waals surface area contributed by atoms with E-state index >= 15 is 0 Å². The van der Waals surface area contributed by atoms with Crippen LogP contribution in [0.3, 0.4) is 0 Å². The van der Waals surface area contributed by atoms with E-state index in [0.29, 0.717) is 6.04 Å². The van der Waals surface area contributed by atoms with Gasteiger partial charge in [-0.05, 0) is 25.8 Å². The molecule has 1 N–H and O–H groups in total. The van der Waals surface area contributed by atoms with Crippen LogP contribution in [0.4, 0.5) is 0 Å². The highest BCUT2D eigenvalue weighted by molar-refractivity contribution is 4.95. The van der Waals surface area contributed by atoms with Gasteiger partial charge in [-0.25, -0.2) is 0 Å². The Morgan fingerprint density at radius 1 is 1.22 bits per heavy atom. The summed E-state index contributed by atoms with van der Waals surface area (Å²) in [5, 5.41) is 7.63. The summed E-state index contributed by atoms with van der Waals surface area (Å²) in [5.74, 6) is 1.68. The lowest BCUT2D eigenvalue weighted by Gasteiger charge is -2.09. The molecule has 18 heavy (non-hydrogen) atoms. The van der Waals surface area contributed by atoms with E-state index in [1.807, 2.05) is 0 Å². The van der Waals surface area contributed by atoms with Gasteiger partial charge in [0.15, 0.2) is 5.82 Å². The van der Waals surface area contributed by atoms with Crippen molar-refractivity contribution in [1.82, 2.24) is 15.5 Å². The van der Waals surface area contributed by atoms with E-state index in [0.717, 1.165) is 37.5 Å². The van der Waals surface area contributed by atoms with Crippen molar-refractivity contribution in [3.63, 3.8) is 0 Å². The van der Waals surface area contributed by atoms with Crippen molar-refractivity contribution in [3.05, 3.63) is 11.7 Å². The summed E-state index contributed by atoms with van der Waals surface area (Å²) in [6, 6.07) is 0.306. The van der Waals surface area contributed by atoms with Gasteiger partial charge >= 0.3 is 0 Å². The zero-order valence-electron chi connectivity index (χ0n) is 11.5. The molecule has 1 aromatic rings. The zero-order chi connectivity index (χ0) is 12.6. The number of unbranched alkanes of at least 4 members (excludes halogenated alkanes) is 3. The first-order chi connectivity index (χ1) is 8.90. The lowest BCUT2D eigenvalue weighted by atomic mass is 10.1. The molecule has 1 atom stereocenters. The van der Waals surface area contributed by atoms with Gasteiger partial charge in [0.05, 0.1) is 6.04 Å². The first-order valence-electron chi connectivity index (χ1n) is 7.46. The molecule has 0 saturated carbocycles. The van der Waals surface area contributed by atoms with Crippen molar-refractivity contribution in [2.45, 2.75) is 70.8 Å². The Bertz CT molecular complexity index is 330. The van der Waals surface area contributed by atoms with Crippen molar-refractivity contribution >= 4 is 0 Å². The molecule has 4 nitrogen and oxygen atoms in total. The van der Waals surface area contributed by atoms with Crippen LogP contribution in [-0.2, 0) is 6.42 Å². The van der Waals surface area contributed by atoms with E-state index in [1.165, 1.54) is 38.5 Å². The molecule has 0 aromatic carbocycles. The summed E-state index contributed by atoms with van der Waals surface area (Å²) < 4.78 is 5.34. The van der Waals surface area contributed by atoms with Crippen molar-refractivity contribution in [1.29, 1.82) is 0 Å². The van der Waals surface area contributed by atoms with Gasteiger partial charge in [0, 0.05) is 6.42 Å². The van der Waals surface area contributed by atoms with Crippen molar-refractivity contribution in [2.24, 2.45) is 0 Å². The van der Waals surface area contributed by atoms with E-state index in [-0.39, 0.29) is 0 Å². The van der Waals surface area contributed by atoms with Crippen LogP contribution in [0.5, 0.6) is 0 Å². The van der Waals surface area contributed by atoms with Crippen LogP contribution < -0.4 is 5.32 Å². The molecule has 0 bridgehead atoms. The van der Waals surface area contributed by atoms with Crippen molar-refractivity contribution in [3.8, 4) is 0 Å². The summed E-state index contributed by atoms with van der Waals surface area (Å²) in [5.41, 5.74) is 0. The molecule has 2 rings (SSSR count). The van der Waals surface area contributed by atoms with Crippen LogP contribution in [-0.4, -0.2) is 16.7 Å². The van der Waals surface area contributed by atoms with Gasteiger partial charge in [0.25, 0.3) is 0 Å². The van der Waals surface area contributed by atoms with Crippen LogP contribution >= 0.6 is 0 Å². The first-order valence-corrected chi connectivity index (χ1v) is 7.46. The fraction of sp³-hybridized carbons (Fsp3) is 0.857. The minimum atomic E-state index is 0.306. The lowest BCUT2D eigenvalue weighted by molar-refractivity contribution is 0.360. The number of nitrogens with one attached hydrogen (secondary N) is 1. The van der Waals surface area contributed by atoms with E-state index in [1.54, 1.807) is 0 Å². The van der Waals surface area contributed by atoms with Crippen molar-refractivity contribution < 1.29 is 4.52 Å². The second-order valence-electron chi connectivity index (χ2n) is 5.21. The smallest absolute Gasteiger partial charge is 0.226 e. The molecule has 0 radical (unpaired) electrons. The summed E-state index contributed by atoms with van der Waals surface area (Å²) >= 11 is 0. The van der Waals surface area contributed by atoms with Gasteiger partial charge < -0.3 is 9.84 Å². The Morgan fingerprint density at radius 2 is 2.17 bits per heavy atom.